The topological polar surface area (TPSA) is 55.1 Å². The Kier molecular flexibility index (Phi) is 4.92. The average molecular weight is 288 g/mol. The van der Waals surface area contributed by atoms with Crippen LogP contribution in [0.4, 0.5) is 5.69 Å². The van der Waals surface area contributed by atoms with Crippen LogP contribution in [0, 0.1) is 5.92 Å². The molecule has 0 radical (unpaired) electrons. The van der Waals surface area contributed by atoms with Crippen molar-refractivity contribution in [2.45, 2.75) is 64.3 Å². The van der Waals surface area contributed by atoms with Crippen LogP contribution in [0.15, 0.2) is 24.3 Å². The Morgan fingerprint density at radius 3 is 2.29 bits per heavy atom. The first-order chi connectivity index (χ1) is 9.93. The first kappa shape index (κ1) is 15.9. The molecule has 0 heterocycles. The third-order valence-corrected chi connectivity index (χ3v) is 4.96. The van der Waals surface area contributed by atoms with E-state index in [1.165, 1.54) is 19.3 Å². The summed E-state index contributed by atoms with van der Waals surface area (Å²) in [7, 11) is 0. The first-order valence-corrected chi connectivity index (χ1v) is 8.10. The van der Waals surface area contributed by atoms with Crippen LogP contribution < -0.4 is 11.1 Å². The van der Waals surface area contributed by atoms with E-state index in [0.717, 1.165) is 30.0 Å². The molecule has 1 fully saturated rings. The summed E-state index contributed by atoms with van der Waals surface area (Å²) >= 11 is 0. The van der Waals surface area contributed by atoms with Crippen molar-refractivity contribution in [2.75, 3.05) is 5.73 Å². The molecule has 0 saturated heterocycles. The maximum Gasteiger partial charge on any atom is 0.230 e. The van der Waals surface area contributed by atoms with E-state index in [4.69, 9.17) is 5.73 Å². The molecular formula is C18H28N2O. The molecule has 3 N–H and O–H groups in total. The maximum atomic E-state index is 12.6. The quantitative estimate of drug-likeness (QED) is 0.831. The highest BCUT2D eigenvalue weighted by Crippen LogP contribution is 2.29. The minimum atomic E-state index is -0.519. The SMILES string of the molecule is CCC1CCC(NC(=O)C(C)(C)c2ccc(N)cc2)CC1. The molecule has 116 valence electrons. The summed E-state index contributed by atoms with van der Waals surface area (Å²) in [4.78, 5) is 12.6. The van der Waals surface area contributed by atoms with Gasteiger partial charge in [-0.1, -0.05) is 25.5 Å². The lowest BCUT2D eigenvalue weighted by atomic mass is 9.81. The third kappa shape index (κ3) is 3.78. The van der Waals surface area contributed by atoms with E-state index >= 15 is 0 Å². The highest BCUT2D eigenvalue weighted by Gasteiger charge is 2.32. The van der Waals surface area contributed by atoms with E-state index in [2.05, 4.69) is 12.2 Å². The van der Waals surface area contributed by atoms with Crippen LogP contribution in [0.3, 0.4) is 0 Å². The zero-order valence-electron chi connectivity index (χ0n) is 13.5. The van der Waals surface area contributed by atoms with Gasteiger partial charge >= 0.3 is 0 Å². The maximum absolute atomic E-state index is 12.6. The van der Waals surface area contributed by atoms with Crippen molar-refractivity contribution in [1.29, 1.82) is 0 Å². The van der Waals surface area contributed by atoms with Crippen molar-refractivity contribution in [3.05, 3.63) is 29.8 Å². The summed E-state index contributed by atoms with van der Waals surface area (Å²) < 4.78 is 0. The lowest BCUT2D eigenvalue weighted by molar-refractivity contribution is -0.126. The van der Waals surface area contributed by atoms with Crippen molar-refractivity contribution in [2.24, 2.45) is 5.92 Å². The summed E-state index contributed by atoms with van der Waals surface area (Å²) in [6, 6.07) is 7.95. The van der Waals surface area contributed by atoms with Gasteiger partial charge in [0.05, 0.1) is 5.41 Å². The van der Waals surface area contributed by atoms with Gasteiger partial charge < -0.3 is 11.1 Å². The highest BCUT2D eigenvalue weighted by molar-refractivity contribution is 5.87. The van der Waals surface area contributed by atoms with E-state index < -0.39 is 5.41 Å². The van der Waals surface area contributed by atoms with Crippen LogP contribution in [0.25, 0.3) is 0 Å². The molecule has 0 aromatic heterocycles. The number of rotatable bonds is 4. The smallest absolute Gasteiger partial charge is 0.230 e. The number of anilines is 1. The summed E-state index contributed by atoms with van der Waals surface area (Å²) in [5.41, 5.74) is 6.94. The van der Waals surface area contributed by atoms with Crippen molar-refractivity contribution < 1.29 is 4.79 Å². The Labute approximate surface area is 128 Å². The Morgan fingerprint density at radius 1 is 1.19 bits per heavy atom. The molecule has 3 nitrogen and oxygen atoms in total. The third-order valence-electron chi connectivity index (χ3n) is 4.96. The summed E-state index contributed by atoms with van der Waals surface area (Å²) in [5, 5.41) is 3.25. The molecule has 1 aromatic rings. The number of nitrogens with one attached hydrogen (secondary N) is 1. The first-order valence-electron chi connectivity index (χ1n) is 8.10. The molecule has 1 aliphatic rings. The van der Waals surface area contributed by atoms with E-state index in [9.17, 15) is 4.79 Å². The number of carbonyl (C=O) groups excluding carboxylic acids is 1. The lowest BCUT2D eigenvalue weighted by Crippen LogP contribution is -2.46. The Balaban J connectivity index is 1.97. The summed E-state index contributed by atoms with van der Waals surface area (Å²) in [6.45, 7) is 6.21. The van der Waals surface area contributed by atoms with Gasteiger partial charge in [-0.25, -0.2) is 0 Å². The fraction of sp³-hybridized carbons (Fsp3) is 0.611. The molecule has 21 heavy (non-hydrogen) atoms. The molecule has 2 rings (SSSR count). The van der Waals surface area contributed by atoms with Gasteiger partial charge in [0.2, 0.25) is 5.91 Å². The van der Waals surface area contributed by atoms with Crippen LogP contribution >= 0.6 is 0 Å². The number of hydrogen-bond donors (Lipinski definition) is 2. The van der Waals surface area contributed by atoms with Crippen molar-refractivity contribution in [3.8, 4) is 0 Å². The van der Waals surface area contributed by atoms with E-state index in [0.29, 0.717) is 6.04 Å². The second-order valence-electron chi connectivity index (χ2n) is 6.85. The van der Waals surface area contributed by atoms with Gasteiger partial charge in [0.25, 0.3) is 0 Å². The molecule has 0 aliphatic heterocycles. The van der Waals surface area contributed by atoms with Gasteiger partial charge in [-0.15, -0.1) is 0 Å². The van der Waals surface area contributed by atoms with E-state index in [-0.39, 0.29) is 5.91 Å². The van der Waals surface area contributed by atoms with Crippen LogP contribution in [0.1, 0.15) is 58.4 Å². The van der Waals surface area contributed by atoms with Gasteiger partial charge in [0.1, 0.15) is 0 Å². The van der Waals surface area contributed by atoms with Crippen molar-refractivity contribution >= 4 is 11.6 Å². The Hall–Kier alpha value is -1.51. The number of amides is 1. The average Bonchev–Trinajstić information content (AvgIpc) is 2.48. The van der Waals surface area contributed by atoms with Crippen LogP contribution in [-0.4, -0.2) is 11.9 Å². The number of benzene rings is 1. The number of hydrogen-bond acceptors (Lipinski definition) is 2. The molecular weight excluding hydrogens is 260 g/mol. The van der Waals surface area contributed by atoms with Gasteiger partial charge in [0.15, 0.2) is 0 Å². The largest absolute Gasteiger partial charge is 0.399 e. The van der Waals surface area contributed by atoms with Crippen molar-refractivity contribution in [1.82, 2.24) is 5.32 Å². The number of carbonyl (C=O) groups is 1. The molecule has 1 amide bonds. The fourth-order valence-electron chi connectivity index (χ4n) is 3.11. The zero-order chi connectivity index (χ0) is 15.5. The molecule has 0 spiro atoms. The molecule has 1 aliphatic carbocycles. The minimum absolute atomic E-state index is 0.118. The second-order valence-corrected chi connectivity index (χ2v) is 6.85. The monoisotopic (exact) mass is 288 g/mol. The predicted molar refractivity (Wildman–Crippen MR) is 88.1 cm³/mol. The molecule has 0 atom stereocenters. The predicted octanol–water partition coefficient (Wildman–Crippen LogP) is 3.63. The Morgan fingerprint density at radius 2 is 1.76 bits per heavy atom. The molecule has 0 unspecified atom stereocenters. The second kappa shape index (κ2) is 6.50. The van der Waals surface area contributed by atoms with Crippen LogP contribution in [0.2, 0.25) is 0 Å². The Bertz CT molecular complexity index is 470. The van der Waals surface area contributed by atoms with Crippen molar-refractivity contribution in [3.63, 3.8) is 0 Å². The molecule has 0 bridgehead atoms. The standard InChI is InChI=1S/C18H28N2O/c1-4-13-5-11-16(12-6-13)20-17(21)18(2,3)14-7-9-15(19)10-8-14/h7-10,13,16H,4-6,11-12,19H2,1-3H3,(H,20,21). The fourth-order valence-corrected chi connectivity index (χ4v) is 3.11. The normalized spacial score (nSPS) is 22.8. The molecule has 1 saturated carbocycles. The highest BCUT2D eigenvalue weighted by atomic mass is 16.2. The van der Waals surface area contributed by atoms with Gasteiger partial charge in [-0.05, 0) is 63.1 Å². The van der Waals surface area contributed by atoms with E-state index in [1.807, 2.05) is 38.1 Å². The summed E-state index contributed by atoms with van der Waals surface area (Å²) in [5.74, 6) is 0.968. The van der Waals surface area contributed by atoms with Crippen LogP contribution in [0.5, 0.6) is 0 Å². The summed E-state index contributed by atoms with van der Waals surface area (Å²) in [6.07, 6.45) is 5.97. The number of nitrogens with two attached hydrogens (primary N) is 1. The number of nitrogen functional groups attached to an aromatic ring is 1. The van der Waals surface area contributed by atoms with Crippen LogP contribution in [-0.2, 0) is 10.2 Å². The molecule has 1 aromatic carbocycles. The molecule has 3 heteroatoms. The lowest BCUT2D eigenvalue weighted by Gasteiger charge is -2.32. The van der Waals surface area contributed by atoms with Gasteiger partial charge in [-0.3, -0.25) is 4.79 Å². The zero-order valence-corrected chi connectivity index (χ0v) is 13.5. The van der Waals surface area contributed by atoms with Gasteiger partial charge in [-0.2, -0.15) is 0 Å². The minimum Gasteiger partial charge on any atom is -0.399 e. The van der Waals surface area contributed by atoms with E-state index in [1.54, 1.807) is 0 Å². The van der Waals surface area contributed by atoms with Gasteiger partial charge in [0, 0.05) is 11.7 Å².